The summed E-state index contributed by atoms with van der Waals surface area (Å²) in [7, 11) is 0. The molecule has 17 heteroatoms. The molecule has 2 fully saturated rings. The van der Waals surface area contributed by atoms with Gasteiger partial charge in [-0.2, -0.15) is 0 Å². The van der Waals surface area contributed by atoms with Gasteiger partial charge in [0.25, 0.3) is 11.8 Å². The summed E-state index contributed by atoms with van der Waals surface area (Å²) >= 11 is 23.5. The second-order valence-electron chi connectivity index (χ2n) is 12.6. The highest BCUT2D eigenvalue weighted by Crippen LogP contribution is 2.30. The Hall–Kier alpha value is -5.34. The van der Waals surface area contributed by atoms with Gasteiger partial charge in [0, 0.05) is 36.6 Å². The van der Waals surface area contributed by atoms with Gasteiger partial charge in [0.15, 0.2) is 0 Å². The number of benzene rings is 4. The van der Waals surface area contributed by atoms with Crippen molar-refractivity contribution in [2.24, 2.45) is 11.8 Å². The minimum Gasteiger partial charge on any atom is -0.481 e. The monoisotopic (exact) mass is 827 g/mol. The smallest absolute Gasteiger partial charge is 0.319 e. The van der Waals surface area contributed by atoms with Gasteiger partial charge in [0.2, 0.25) is 5.91 Å². The maximum atomic E-state index is 12.8. The Morgan fingerprint density at radius 3 is 1.89 bits per heavy atom. The number of nitrogens with zero attached hydrogens (tertiary/aromatic N) is 2. The van der Waals surface area contributed by atoms with E-state index in [1.54, 1.807) is 18.2 Å². The molecular weight excluding hydrogens is 796 g/mol. The third-order valence-electron chi connectivity index (χ3n) is 8.90. The van der Waals surface area contributed by atoms with Crippen molar-refractivity contribution in [1.82, 2.24) is 15.5 Å². The molecule has 0 saturated carbocycles. The van der Waals surface area contributed by atoms with E-state index in [1.807, 2.05) is 49.4 Å². The second kappa shape index (κ2) is 17.9. The number of carbonyl (C=O) groups is 6. The van der Waals surface area contributed by atoms with Gasteiger partial charge in [-0.05, 0) is 60.5 Å². The molecule has 0 spiro atoms. The standard InChI is InChI=1S/C19H17Cl2N3O4.C19H16Cl2N2O4/c1-10-4-2-3-5-15(10)24-9-12(18(26)27)16(17(24)25)23-19(28)22-11-6-7-13(20)14(21)8-11;20-14-7-6-12(8-15(14)21)17(24)22-16-13(19(26)27)10-23(18(16)25)9-11-4-2-1-3-5-11/h2-8,12,16H,9H2,1H3,(H,26,27)(H2,22,23,28);1-8,13,16H,9-10H2,(H,22,24)(H,26,27)/t12-,16-;13-,16-/m11/s1. The molecule has 5 N–H and O–H groups in total. The molecule has 0 aliphatic carbocycles. The molecule has 4 aromatic carbocycles. The SMILES string of the molecule is Cc1ccccc1N1C[C@@H](C(=O)O)[C@@H](NC(=O)Nc2ccc(Cl)c(Cl)c2)C1=O.O=C(N[C@H]1C(=O)N(Cc2ccccc2)C[C@H]1C(=O)O)c1ccc(Cl)c(Cl)c1. The number of hydrogen-bond donors (Lipinski definition) is 5. The fourth-order valence-corrected chi connectivity index (χ4v) is 6.67. The molecule has 2 heterocycles. The lowest BCUT2D eigenvalue weighted by atomic mass is 10.0. The lowest BCUT2D eigenvalue weighted by molar-refractivity contribution is -0.143. The van der Waals surface area contributed by atoms with Gasteiger partial charge < -0.3 is 36.0 Å². The predicted octanol–water partition coefficient (Wildman–Crippen LogP) is 6.37. The molecule has 4 aromatic rings. The molecule has 2 aliphatic rings. The Balaban J connectivity index is 0.000000211. The summed E-state index contributed by atoms with van der Waals surface area (Å²) in [5.74, 6) is -5.91. The molecule has 0 unspecified atom stereocenters. The van der Waals surface area contributed by atoms with Gasteiger partial charge in [-0.1, -0.05) is 94.9 Å². The third-order valence-corrected chi connectivity index (χ3v) is 10.4. The van der Waals surface area contributed by atoms with Crippen LogP contribution in [0.25, 0.3) is 0 Å². The Morgan fingerprint density at radius 1 is 0.691 bits per heavy atom. The summed E-state index contributed by atoms with van der Waals surface area (Å²) in [4.78, 5) is 76.4. The summed E-state index contributed by atoms with van der Waals surface area (Å²) in [5, 5.41) is 27.6. The first-order valence-electron chi connectivity index (χ1n) is 16.6. The Labute approximate surface area is 335 Å². The largest absolute Gasteiger partial charge is 0.481 e. The number of para-hydroxylation sites is 1. The molecule has 0 bridgehead atoms. The molecule has 4 atom stereocenters. The van der Waals surface area contributed by atoms with Crippen molar-refractivity contribution in [2.45, 2.75) is 25.6 Å². The number of aryl methyl sites for hydroxylation is 1. The quantitative estimate of drug-likeness (QED) is 0.129. The first-order valence-corrected chi connectivity index (χ1v) is 18.1. The maximum Gasteiger partial charge on any atom is 0.319 e. The lowest BCUT2D eigenvalue weighted by Gasteiger charge is -2.19. The first-order chi connectivity index (χ1) is 26.1. The zero-order valence-electron chi connectivity index (χ0n) is 28.8. The zero-order valence-corrected chi connectivity index (χ0v) is 31.9. The highest BCUT2D eigenvalue weighted by Gasteiger charge is 2.47. The summed E-state index contributed by atoms with van der Waals surface area (Å²) in [6, 6.07) is 22.2. The van der Waals surface area contributed by atoms with Crippen LogP contribution in [0.3, 0.4) is 0 Å². The summed E-state index contributed by atoms with van der Waals surface area (Å²) in [6.45, 7) is 2.10. The molecule has 0 radical (unpaired) electrons. The van der Waals surface area contributed by atoms with Crippen LogP contribution in [-0.4, -0.2) is 76.0 Å². The van der Waals surface area contributed by atoms with E-state index in [4.69, 9.17) is 46.4 Å². The molecule has 13 nitrogen and oxygen atoms in total. The number of urea groups is 1. The van der Waals surface area contributed by atoms with E-state index < -0.39 is 59.6 Å². The number of halogens is 4. The highest BCUT2D eigenvalue weighted by atomic mass is 35.5. The van der Waals surface area contributed by atoms with Gasteiger partial charge in [-0.25, -0.2) is 4.79 Å². The number of carboxylic acids is 2. The van der Waals surface area contributed by atoms with Crippen molar-refractivity contribution in [1.29, 1.82) is 0 Å². The number of carboxylic acid groups (broad SMARTS) is 2. The zero-order chi connectivity index (χ0) is 40.0. The summed E-state index contributed by atoms with van der Waals surface area (Å²) < 4.78 is 0. The minimum absolute atomic E-state index is 0.0232. The fraction of sp³-hybridized carbons (Fsp3) is 0.211. The van der Waals surface area contributed by atoms with Gasteiger partial charge in [0.1, 0.15) is 23.9 Å². The Kier molecular flexibility index (Phi) is 13.3. The van der Waals surface area contributed by atoms with Crippen LogP contribution >= 0.6 is 46.4 Å². The van der Waals surface area contributed by atoms with Crippen LogP contribution < -0.4 is 20.9 Å². The highest BCUT2D eigenvalue weighted by molar-refractivity contribution is 6.42. The van der Waals surface area contributed by atoms with Crippen LogP contribution in [0.5, 0.6) is 0 Å². The van der Waals surface area contributed by atoms with Crippen LogP contribution in [0.1, 0.15) is 21.5 Å². The van der Waals surface area contributed by atoms with Gasteiger partial charge in [-0.15, -0.1) is 0 Å². The number of nitrogens with one attached hydrogen (secondary N) is 3. The van der Waals surface area contributed by atoms with E-state index in [-0.39, 0.29) is 35.2 Å². The topological polar surface area (TPSA) is 185 Å². The van der Waals surface area contributed by atoms with Crippen molar-refractivity contribution in [2.75, 3.05) is 23.3 Å². The predicted molar refractivity (Wildman–Crippen MR) is 208 cm³/mol. The molecule has 2 saturated heterocycles. The van der Waals surface area contributed by atoms with Gasteiger partial charge in [-0.3, -0.25) is 24.0 Å². The number of rotatable bonds is 9. The van der Waals surface area contributed by atoms with E-state index in [2.05, 4.69) is 16.0 Å². The van der Waals surface area contributed by atoms with Crippen LogP contribution in [0.2, 0.25) is 20.1 Å². The van der Waals surface area contributed by atoms with E-state index in [0.717, 1.165) is 11.1 Å². The Morgan fingerprint density at radius 2 is 1.27 bits per heavy atom. The van der Waals surface area contributed by atoms with Crippen LogP contribution in [0.15, 0.2) is 91.0 Å². The van der Waals surface area contributed by atoms with Crippen molar-refractivity contribution in [3.63, 3.8) is 0 Å². The van der Waals surface area contributed by atoms with Crippen LogP contribution in [0, 0.1) is 18.8 Å². The number of likely N-dealkylation sites (tertiary alicyclic amines) is 1. The van der Waals surface area contributed by atoms with Crippen molar-refractivity contribution in [3.8, 4) is 0 Å². The molecule has 55 heavy (non-hydrogen) atoms. The molecule has 286 valence electrons. The third kappa shape index (κ3) is 9.86. The van der Waals surface area contributed by atoms with Crippen molar-refractivity contribution < 1.29 is 39.0 Å². The van der Waals surface area contributed by atoms with E-state index in [1.165, 1.54) is 40.1 Å². The average molecular weight is 830 g/mol. The molecule has 2 aliphatic heterocycles. The van der Waals surface area contributed by atoms with Gasteiger partial charge >= 0.3 is 18.0 Å². The Bertz CT molecular complexity index is 2140. The van der Waals surface area contributed by atoms with Gasteiger partial charge in [0.05, 0.1) is 20.1 Å². The number of hydrogen-bond acceptors (Lipinski definition) is 6. The minimum atomic E-state index is -1.19. The fourth-order valence-electron chi connectivity index (χ4n) is 6.07. The van der Waals surface area contributed by atoms with E-state index in [9.17, 15) is 39.0 Å². The summed E-state index contributed by atoms with van der Waals surface area (Å²) in [5.41, 5.74) is 2.89. The molecular formula is C38H33Cl4N5O8. The lowest BCUT2D eigenvalue weighted by Crippen LogP contribution is -2.47. The van der Waals surface area contributed by atoms with Crippen LogP contribution in [0.4, 0.5) is 16.2 Å². The normalized spacial score (nSPS) is 19.0. The van der Waals surface area contributed by atoms with E-state index in [0.29, 0.717) is 21.4 Å². The first kappa shape index (κ1) is 40.8. The van der Waals surface area contributed by atoms with Crippen LogP contribution in [-0.2, 0) is 25.7 Å². The number of aliphatic carboxylic acids is 2. The summed E-state index contributed by atoms with van der Waals surface area (Å²) in [6.07, 6.45) is 0. The molecule has 6 rings (SSSR count). The maximum absolute atomic E-state index is 12.8. The molecule has 5 amide bonds. The van der Waals surface area contributed by atoms with Crippen molar-refractivity contribution >= 4 is 93.5 Å². The molecule has 0 aromatic heterocycles. The second-order valence-corrected chi connectivity index (χ2v) is 14.2. The van der Waals surface area contributed by atoms with E-state index >= 15 is 0 Å². The number of amides is 5. The number of anilines is 2. The van der Waals surface area contributed by atoms with Crippen molar-refractivity contribution in [3.05, 3.63) is 128 Å². The average Bonchev–Trinajstić information content (AvgIpc) is 3.63. The number of carbonyl (C=O) groups excluding carboxylic acids is 4.